The van der Waals surface area contributed by atoms with Crippen LogP contribution in [0.15, 0.2) is 17.0 Å². The summed E-state index contributed by atoms with van der Waals surface area (Å²) in [5.74, 6) is 0.824. The summed E-state index contributed by atoms with van der Waals surface area (Å²) in [5.41, 5.74) is 1.51. The molecule has 2 rings (SSSR count). The second-order valence-electron chi connectivity index (χ2n) is 6.20. The van der Waals surface area contributed by atoms with Crippen molar-refractivity contribution in [1.29, 1.82) is 0 Å². The second kappa shape index (κ2) is 7.63. The summed E-state index contributed by atoms with van der Waals surface area (Å²) < 4.78 is 33.0. The molecule has 0 spiro atoms. The molecule has 134 valence electrons. The first-order valence-electron chi connectivity index (χ1n) is 8.21. The number of carbonyl (C=O) groups excluding carboxylic acids is 1. The fraction of sp³-hybridized carbons (Fsp3) is 0.588. The van der Waals surface area contributed by atoms with Crippen LogP contribution in [-0.2, 0) is 14.8 Å². The minimum atomic E-state index is -3.53. The van der Waals surface area contributed by atoms with E-state index in [9.17, 15) is 13.2 Å². The molecule has 0 saturated carbocycles. The summed E-state index contributed by atoms with van der Waals surface area (Å²) in [6, 6.07) is 3.48. The number of ketones is 1. The van der Waals surface area contributed by atoms with E-state index in [4.69, 9.17) is 4.74 Å². The zero-order valence-corrected chi connectivity index (χ0v) is 15.6. The molecule has 0 aliphatic carbocycles. The number of ether oxygens (including phenoxy) is 1. The van der Waals surface area contributed by atoms with E-state index in [2.05, 4.69) is 0 Å². The molecular weight excluding hydrogens is 328 g/mol. The molecule has 24 heavy (non-hydrogen) atoms. The Morgan fingerprint density at radius 1 is 1.12 bits per heavy atom. The van der Waals surface area contributed by atoms with Crippen LogP contribution < -0.4 is 4.74 Å². The average molecular weight is 354 g/mol. The van der Waals surface area contributed by atoms with Crippen LogP contribution in [0.2, 0.25) is 0 Å². The van der Waals surface area contributed by atoms with Crippen LogP contribution in [0.3, 0.4) is 0 Å². The van der Waals surface area contributed by atoms with Crippen LogP contribution in [0.1, 0.15) is 25.0 Å². The van der Waals surface area contributed by atoms with E-state index >= 15 is 0 Å². The molecule has 1 aliphatic heterocycles. The molecule has 0 unspecified atom stereocenters. The minimum absolute atomic E-state index is 0.101. The van der Waals surface area contributed by atoms with Crippen LogP contribution in [-0.4, -0.2) is 62.7 Å². The van der Waals surface area contributed by atoms with Gasteiger partial charge in [0.2, 0.25) is 10.0 Å². The molecule has 0 N–H and O–H groups in total. The molecule has 1 aromatic rings. The van der Waals surface area contributed by atoms with Crippen molar-refractivity contribution in [3.8, 4) is 5.75 Å². The maximum absolute atomic E-state index is 13.0. The van der Waals surface area contributed by atoms with Gasteiger partial charge in [0.1, 0.15) is 11.5 Å². The molecule has 6 nitrogen and oxygen atoms in total. The minimum Gasteiger partial charge on any atom is -0.494 e. The molecule has 1 fully saturated rings. The standard InChI is InChI=1S/C17H26N2O4S/c1-5-23-16-10-14(3)17(11-13(16)2)24(21,22)19-8-6-18(7-9-19)12-15(4)20/h10-11H,5-9,12H2,1-4H3. The quantitative estimate of drug-likeness (QED) is 0.776. The van der Waals surface area contributed by atoms with Crippen LogP contribution in [0.5, 0.6) is 5.75 Å². The van der Waals surface area contributed by atoms with Gasteiger partial charge in [-0.15, -0.1) is 0 Å². The average Bonchev–Trinajstić information content (AvgIpc) is 2.50. The highest BCUT2D eigenvalue weighted by molar-refractivity contribution is 7.89. The normalized spacial score (nSPS) is 17.0. The first-order valence-corrected chi connectivity index (χ1v) is 9.65. The van der Waals surface area contributed by atoms with E-state index in [1.165, 1.54) is 4.31 Å². The maximum Gasteiger partial charge on any atom is 0.243 e. The monoisotopic (exact) mass is 354 g/mol. The van der Waals surface area contributed by atoms with Gasteiger partial charge >= 0.3 is 0 Å². The Morgan fingerprint density at radius 2 is 1.75 bits per heavy atom. The lowest BCUT2D eigenvalue weighted by Crippen LogP contribution is -2.49. The van der Waals surface area contributed by atoms with E-state index in [-0.39, 0.29) is 5.78 Å². The number of benzene rings is 1. The van der Waals surface area contributed by atoms with Gasteiger partial charge < -0.3 is 4.74 Å². The van der Waals surface area contributed by atoms with Crippen molar-refractivity contribution in [1.82, 2.24) is 9.21 Å². The van der Waals surface area contributed by atoms with E-state index in [0.29, 0.717) is 49.8 Å². The summed E-state index contributed by atoms with van der Waals surface area (Å²) in [6.45, 7) is 9.99. The number of nitrogens with zero attached hydrogens (tertiary/aromatic N) is 2. The van der Waals surface area contributed by atoms with Crippen molar-refractivity contribution < 1.29 is 17.9 Å². The van der Waals surface area contributed by atoms with Gasteiger partial charge in [0.05, 0.1) is 18.0 Å². The Balaban J connectivity index is 2.19. The Bertz CT molecular complexity index is 708. The zero-order valence-electron chi connectivity index (χ0n) is 14.8. The molecule has 1 aliphatic rings. The highest BCUT2D eigenvalue weighted by atomic mass is 32.2. The zero-order chi connectivity index (χ0) is 17.9. The topological polar surface area (TPSA) is 66.9 Å². The number of carbonyl (C=O) groups is 1. The van der Waals surface area contributed by atoms with Crippen molar-refractivity contribution in [2.24, 2.45) is 0 Å². The Morgan fingerprint density at radius 3 is 2.29 bits per heavy atom. The smallest absolute Gasteiger partial charge is 0.243 e. The third kappa shape index (κ3) is 4.15. The first kappa shape index (κ1) is 18.9. The van der Waals surface area contributed by atoms with Gasteiger partial charge in [0.25, 0.3) is 0 Å². The number of sulfonamides is 1. The SMILES string of the molecule is CCOc1cc(C)c(S(=O)(=O)N2CCN(CC(C)=O)CC2)cc1C. The van der Waals surface area contributed by atoms with Crippen molar-refractivity contribution in [3.05, 3.63) is 23.3 Å². The summed E-state index contributed by atoms with van der Waals surface area (Å²) >= 11 is 0. The highest BCUT2D eigenvalue weighted by Gasteiger charge is 2.30. The van der Waals surface area contributed by atoms with Gasteiger partial charge in [-0.3, -0.25) is 9.69 Å². The number of hydrogen-bond acceptors (Lipinski definition) is 5. The molecule has 1 aromatic carbocycles. The van der Waals surface area contributed by atoms with E-state index < -0.39 is 10.0 Å². The fourth-order valence-electron chi connectivity index (χ4n) is 2.93. The van der Waals surface area contributed by atoms with Crippen LogP contribution in [0, 0.1) is 13.8 Å². The summed E-state index contributed by atoms with van der Waals surface area (Å²) in [6.07, 6.45) is 0. The lowest BCUT2D eigenvalue weighted by molar-refractivity contribution is -0.118. The van der Waals surface area contributed by atoms with Gasteiger partial charge in [-0.05, 0) is 51.0 Å². The van der Waals surface area contributed by atoms with Crippen LogP contribution in [0.25, 0.3) is 0 Å². The Kier molecular flexibility index (Phi) is 6.01. The van der Waals surface area contributed by atoms with E-state index in [1.54, 1.807) is 26.0 Å². The van der Waals surface area contributed by atoms with Gasteiger partial charge in [-0.25, -0.2) is 8.42 Å². The third-order valence-corrected chi connectivity index (χ3v) is 6.21. The van der Waals surface area contributed by atoms with E-state index in [1.807, 2.05) is 18.7 Å². The van der Waals surface area contributed by atoms with Gasteiger partial charge in [0.15, 0.2) is 0 Å². The molecule has 1 saturated heterocycles. The largest absolute Gasteiger partial charge is 0.494 e. The van der Waals surface area contributed by atoms with E-state index in [0.717, 1.165) is 11.3 Å². The Labute approximate surface area is 144 Å². The number of piperazine rings is 1. The summed E-state index contributed by atoms with van der Waals surface area (Å²) in [4.78, 5) is 13.5. The summed E-state index contributed by atoms with van der Waals surface area (Å²) in [5, 5.41) is 0. The third-order valence-electron chi connectivity index (χ3n) is 4.17. The first-order chi connectivity index (χ1) is 11.3. The van der Waals surface area contributed by atoms with Gasteiger partial charge in [-0.2, -0.15) is 4.31 Å². The van der Waals surface area contributed by atoms with Crippen molar-refractivity contribution in [2.45, 2.75) is 32.6 Å². The molecule has 0 amide bonds. The molecule has 0 aromatic heterocycles. The predicted molar refractivity (Wildman–Crippen MR) is 93.0 cm³/mol. The lowest BCUT2D eigenvalue weighted by atomic mass is 10.1. The predicted octanol–water partition coefficient (Wildman–Crippen LogP) is 1.60. The van der Waals surface area contributed by atoms with Crippen molar-refractivity contribution >= 4 is 15.8 Å². The number of aryl methyl sites for hydroxylation is 2. The molecular formula is C17H26N2O4S. The number of hydrogen-bond donors (Lipinski definition) is 0. The number of rotatable bonds is 6. The summed E-state index contributed by atoms with van der Waals surface area (Å²) in [7, 11) is -3.53. The highest BCUT2D eigenvalue weighted by Crippen LogP contribution is 2.28. The molecule has 0 atom stereocenters. The fourth-order valence-corrected chi connectivity index (χ4v) is 4.65. The van der Waals surface area contributed by atoms with Gasteiger partial charge in [-0.1, -0.05) is 0 Å². The number of Topliss-reactive ketones (excluding diaryl/α,β-unsaturated/α-hetero) is 1. The van der Waals surface area contributed by atoms with Crippen molar-refractivity contribution in [3.63, 3.8) is 0 Å². The van der Waals surface area contributed by atoms with Crippen molar-refractivity contribution in [2.75, 3.05) is 39.3 Å². The lowest BCUT2D eigenvalue weighted by Gasteiger charge is -2.33. The molecule has 0 bridgehead atoms. The maximum atomic E-state index is 13.0. The molecule has 0 radical (unpaired) electrons. The molecule has 7 heteroatoms. The second-order valence-corrected chi connectivity index (χ2v) is 8.10. The molecule has 1 heterocycles. The van der Waals surface area contributed by atoms with Crippen LogP contribution in [0.4, 0.5) is 0 Å². The van der Waals surface area contributed by atoms with Crippen LogP contribution >= 0.6 is 0 Å². The van der Waals surface area contributed by atoms with Gasteiger partial charge in [0, 0.05) is 26.2 Å². The Hall–Kier alpha value is -1.44.